The van der Waals surface area contributed by atoms with Crippen molar-refractivity contribution < 1.29 is 22.7 Å². The number of hydrogen-bond donors (Lipinski definition) is 0. The molecule has 0 spiro atoms. The summed E-state index contributed by atoms with van der Waals surface area (Å²) in [4.78, 5) is 14.9. The molecular weight excluding hydrogens is 523 g/mol. The smallest absolute Gasteiger partial charge is 0.341 e. The van der Waals surface area contributed by atoms with E-state index in [9.17, 15) is 13.2 Å². The van der Waals surface area contributed by atoms with Crippen LogP contribution < -0.4 is 9.64 Å². The number of fused-ring (bicyclic) bond motifs is 1. The quantitative estimate of drug-likeness (QED) is 0.211. The predicted molar refractivity (Wildman–Crippen MR) is 161 cm³/mol. The van der Waals surface area contributed by atoms with Crippen molar-refractivity contribution in [1.82, 2.24) is 4.22 Å². The van der Waals surface area contributed by atoms with Crippen LogP contribution in [0.4, 0.5) is 11.4 Å². The van der Waals surface area contributed by atoms with Crippen molar-refractivity contribution in [2.75, 3.05) is 25.7 Å². The van der Waals surface area contributed by atoms with Gasteiger partial charge in [-0.1, -0.05) is 87.6 Å². The Morgan fingerprint density at radius 3 is 2.23 bits per heavy atom. The standard InChI is InChI=1S/C31H39BN2O5S/c1-6-8-19-31(7-2)23-33(25-17-13-10-14-18-25)27-21-28(38-4)26(30(35)39-5)20-29(27)40(36,37)34(31)32(3)22-24-15-11-9-12-16-24/h9-18,20-21H,6-8,19,22-23H2,1-5H3. The molecule has 0 aliphatic carbocycles. The minimum absolute atomic E-state index is 0.0734. The molecule has 1 aliphatic rings. The number of unbranched alkanes of at least 4 members (excludes halogenated alkanes) is 1. The van der Waals surface area contributed by atoms with Gasteiger partial charge in [-0.25, -0.2) is 17.4 Å². The third-order valence-electron chi connectivity index (χ3n) is 7.93. The summed E-state index contributed by atoms with van der Waals surface area (Å²) >= 11 is 0. The molecule has 1 unspecified atom stereocenters. The molecule has 1 aliphatic heterocycles. The Morgan fingerprint density at radius 2 is 1.65 bits per heavy atom. The van der Waals surface area contributed by atoms with E-state index >= 15 is 0 Å². The highest BCUT2D eigenvalue weighted by molar-refractivity contribution is 7.90. The molecule has 0 radical (unpaired) electrons. The topological polar surface area (TPSA) is 76.1 Å². The zero-order valence-electron chi connectivity index (χ0n) is 24.1. The van der Waals surface area contributed by atoms with Crippen LogP contribution in [0.1, 0.15) is 55.5 Å². The van der Waals surface area contributed by atoms with Gasteiger partial charge in [-0.3, -0.25) is 0 Å². The van der Waals surface area contributed by atoms with Gasteiger partial charge in [0.2, 0.25) is 16.9 Å². The monoisotopic (exact) mass is 562 g/mol. The van der Waals surface area contributed by atoms with Gasteiger partial charge in [0.25, 0.3) is 0 Å². The van der Waals surface area contributed by atoms with E-state index in [-0.39, 0.29) is 23.1 Å². The van der Waals surface area contributed by atoms with Gasteiger partial charge in [0, 0.05) is 23.8 Å². The Hall–Kier alpha value is -3.30. The summed E-state index contributed by atoms with van der Waals surface area (Å²) in [7, 11) is -1.34. The zero-order chi connectivity index (χ0) is 28.9. The molecule has 0 bridgehead atoms. The summed E-state index contributed by atoms with van der Waals surface area (Å²) in [6, 6.07) is 22.9. The molecule has 0 N–H and O–H groups in total. The molecule has 0 saturated carbocycles. The first-order chi connectivity index (χ1) is 19.2. The van der Waals surface area contributed by atoms with Crippen molar-refractivity contribution in [2.45, 2.75) is 63.1 Å². The van der Waals surface area contributed by atoms with Crippen LogP contribution in [-0.2, 0) is 21.1 Å². The fraction of sp³-hybridized carbons (Fsp3) is 0.387. The maximum atomic E-state index is 14.9. The van der Waals surface area contributed by atoms with Gasteiger partial charge in [0.1, 0.15) is 16.2 Å². The first-order valence-corrected chi connectivity index (χ1v) is 15.4. The van der Waals surface area contributed by atoms with Gasteiger partial charge in [0.15, 0.2) is 0 Å². The van der Waals surface area contributed by atoms with Crippen molar-refractivity contribution >= 4 is 34.2 Å². The fourth-order valence-corrected chi connectivity index (χ4v) is 8.18. The number of carbonyl (C=O) groups excluding carboxylic acids is 1. The van der Waals surface area contributed by atoms with E-state index in [0.717, 1.165) is 24.1 Å². The van der Waals surface area contributed by atoms with E-state index in [0.29, 0.717) is 31.4 Å². The van der Waals surface area contributed by atoms with Gasteiger partial charge in [-0.05, 0) is 37.4 Å². The second-order valence-electron chi connectivity index (χ2n) is 10.5. The predicted octanol–water partition coefficient (Wildman–Crippen LogP) is 6.37. The summed E-state index contributed by atoms with van der Waals surface area (Å²) < 4.78 is 42.2. The number of hydrogen-bond acceptors (Lipinski definition) is 6. The van der Waals surface area contributed by atoms with Gasteiger partial charge in [-0.2, -0.15) is 0 Å². The number of anilines is 2. The first kappa shape index (κ1) is 29.7. The van der Waals surface area contributed by atoms with Gasteiger partial charge < -0.3 is 14.4 Å². The van der Waals surface area contributed by atoms with E-state index < -0.39 is 21.5 Å². The van der Waals surface area contributed by atoms with Crippen molar-refractivity contribution in [2.24, 2.45) is 0 Å². The lowest BCUT2D eigenvalue weighted by Crippen LogP contribution is -2.60. The van der Waals surface area contributed by atoms with Crippen LogP contribution in [0, 0.1) is 0 Å². The Morgan fingerprint density at radius 1 is 1.00 bits per heavy atom. The molecular formula is C31H39BN2O5S. The van der Waals surface area contributed by atoms with Gasteiger partial charge in [-0.15, -0.1) is 0 Å². The number of esters is 1. The van der Waals surface area contributed by atoms with Crippen LogP contribution in [-0.4, -0.2) is 51.8 Å². The summed E-state index contributed by atoms with van der Waals surface area (Å²) in [6.45, 7) is 6.32. The summed E-state index contributed by atoms with van der Waals surface area (Å²) in [6.07, 6.45) is 3.73. The molecule has 0 fully saturated rings. The fourth-order valence-electron chi connectivity index (χ4n) is 5.94. The van der Waals surface area contributed by atoms with Gasteiger partial charge >= 0.3 is 5.97 Å². The summed E-state index contributed by atoms with van der Waals surface area (Å²) in [5.74, 6) is -0.384. The lowest BCUT2D eigenvalue weighted by molar-refractivity contribution is 0.0597. The minimum atomic E-state index is -4.09. The normalized spacial score (nSPS) is 18.5. The van der Waals surface area contributed by atoms with Crippen molar-refractivity contribution in [3.63, 3.8) is 0 Å². The zero-order valence-corrected chi connectivity index (χ0v) is 24.9. The third-order valence-corrected chi connectivity index (χ3v) is 10.1. The maximum Gasteiger partial charge on any atom is 0.341 e. The Labute approximate surface area is 239 Å². The van der Waals surface area contributed by atoms with Crippen LogP contribution in [0.25, 0.3) is 0 Å². The second-order valence-corrected chi connectivity index (χ2v) is 12.2. The number of para-hydroxylation sites is 1. The lowest BCUT2D eigenvalue weighted by Gasteiger charge is -2.46. The number of benzene rings is 3. The molecule has 1 heterocycles. The maximum absolute atomic E-state index is 14.9. The van der Waals surface area contributed by atoms with E-state index in [1.807, 2.05) is 67.5 Å². The van der Waals surface area contributed by atoms with Crippen LogP contribution in [0.15, 0.2) is 77.7 Å². The highest BCUT2D eigenvalue weighted by atomic mass is 32.2. The SMILES string of the molecule is CCCCC1(CC)CN(c2ccccc2)c2cc(OC)c(C(=O)OC)cc2S(=O)(=O)N1B(C)Cc1ccccc1. The number of carbonyl (C=O) groups is 1. The molecule has 0 amide bonds. The van der Waals surface area contributed by atoms with Crippen LogP contribution >= 0.6 is 0 Å². The molecule has 3 aromatic rings. The first-order valence-electron chi connectivity index (χ1n) is 13.9. The molecule has 4 rings (SSSR count). The molecule has 3 aromatic carbocycles. The molecule has 0 saturated heterocycles. The van der Waals surface area contributed by atoms with E-state index in [1.165, 1.54) is 20.3 Å². The lowest BCUT2D eigenvalue weighted by atomic mass is 9.57. The van der Waals surface area contributed by atoms with Crippen molar-refractivity contribution in [3.05, 3.63) is 83.9 Å². The second kappa shape index (κ2) is 12.5. The van der Waals surface area contributed by atoms with Crippen LogP contribution in [0.3, 0.4) is 0 Å². The van der Waals surface area contributed by atoms with E-state index in [2.05, 4.69) is 18.7 Å². The summed E-state index contributed by atoms with van der Waals surface area (Å²) in [5, 5.41) is 0. The molecule has 9 heteroatoms. The van der Waals surface area contributed by atoms with Crippen LogP contribution in [0.2, 0.25) is 6.82 Å². The average molecular weight is 563 g/mol. The molecule has 212 valence electrons. The van der Waals surface area contributed by atoms with E-state index in [4.69, 9.17) is 9.47 Å². The average Bonchev–Trinajstić information content (AvgIpc) is 3.06. The molecule has 40 heavy (non-hydrogen) atoms. The number of ether oxygens (including phenoxy) is 2. The minimum Gasteiger partial charge on any atom is -0.496 e. The highest BCUT2D eigenvalue weighted by Gasteiger charge is 2.51. The van der Waals surface area contributed by atoms with Gasteiger partial charge in [0.05, 0.1) is 19.9 Å². The Kier molecular flexibility index (Phi) is 9.26. The molecule has 7 nitrogen and oxygen atoms in total. The highest BCUT2D eigenvalue weighted by Crippen LogP contribution is 2.46. The number of rotatable bonds is 10. The Balaban J connectivity index is 2.03. The number of nitrogens with zero attached hydrogens (tertiary/aromatic N) is 2. The molecule has 1 atom stereocenters. The van der Waals surface area contributed by atoms with Crippen LogP contribution in [0.5, 0.6) is 5.75 Å². The summed E-state index contributed by atoms with van der Waals surface area (Å²) in [5.41, 5.74) is 1.81. The largest absolute Gasteiger partial charge is 0.496 e. The van der Waals surface area contributed by atoms with E-state index in [1.54, 1.807) is 10.3 Å². The third kappa shape index (κ3) is 5.63. The number of sulfonamides is 1. The van der Waals surface area contributed by atoms with Crippen molar-refractivity contribution in [1.29, 1.82) is 0 Å². The van der Waals surface area contributed by atoms with Crippen molar-refractivity contribution in [3.8, 4) is 5.75 Å². The molecule has 0 aromatic heterocycles. The Bertz CT molecular complexity index is 1420. The number of methoxy groups -OCH3 is 2.